The summed E-state index contributed by atoms with van der Waals surface area (Å²) in [6, 6.07) is 0. The van der Waals surface area contributed by atoms with Gasteiger partial charge >= 0.3 is 0 Å². The third-order valence-corrected chi connectivity index (χ3v) is 2.84. The zero-order valence-electron chi connectivity index (χ0n) is 4.46. The molecular formula is C5H8OS2. The number of hydrogen-bond acceptors (Lipinski definition) is 3. The summed E-state index contributed by atoms with van der Waals surface area (Å²) < 4.78 is 0. The first kappa shape index (κ1) is 6.49. The molecule has 3 heteroatoms. The Morgan fingerprint density at radius 3 is 2.88 bits per heavy atom. The summed E-state index contributed by atoms with van der Waals surface area (Å²) in [5.41, 5.74) is 0. The molecule has 0 aliphatic carbocycles. The van der Waals surface area contributed by atoms with E-state index >= 15 is 0 Å². The highest BCUT2D eigenvalue weighted by Crippen LogP contribution is 2.25. The Morgan fingerprint density at radius 1 is 1.88 bits per heavy atom. The fraction of sp³-hybridized carbons (Fsp3) is 0.800. The van der Waals surface area contributed by atoms with Crippen molar-refractivity contribution in [2.45, 2.75) is 6.42 Å². The minimum atomic E-state index is 0.337. The lowest BCUT2D eigenvalue weighted by molar-refractivity contribution is -0.110. The molecule has 1 atom stereocenters. The van der Waals surface area contributed by atoms with Gasteiger partial charge in [0.05, 0.1) is 0 Å². The van der Waals surface area contributed by atoms with E-state index in [2.05, 4.69) is 12.6 Å². The van der Waals surface area contributed by atoms with Crippen molar-refractivity contribution in [1.29, 1.82) is 0 Å². The largest absolute Gasteiger partial charge is 0.287 e. The molecule has 0 N–H and O–H groups in total. The summed E-state index contributed by atoms with van der Waals surface area (Å²) in [6.45, 7) is 0. The molecule has 0 bridgehead atoms. The summed E-state index contributed by atoms with van der Waals surface area (Å²) in [6.07, 6.45) is 0.744. The van der Waals surface area contributed by atoms with E-state index in [1.807, 2.05) is 0 Å². The zero-order valence-corrected chi connectivity index (χ0v) is 6.17. The van der Waals surface area contributed by atoms with E-state index in [0.717, 1.165) is 17.9 Å². The van der Waals surface area contributed by atoms with Gasteiger partial charge in [-0.15, -0.1) is 0 Å². The van der Waals surface area contributed by atoms with E-state index in [4.69, 9.17) is 0 Å². The van der Waals surface area contributed by atoms with Gasteiger partial charge < -0.3 is 0 Å². The molecule has 1 aliphatic heterocycles. The van der Waals surface area contributed by atoms with E-state index < -0.39 is 0 Å². The number of thioether (sulfide) groups is 1. The topological polar surface area (TPSA) is 17.1 Å². The number of hydrogen-bond donors (Lipinski definition) is 1. The number of carbonyl (C=O) groups excluding carboxylic acids is 1. The third-order valence-electron chi connectivity index (χ3n) is 1.19. The predicted molar refractivity (Wildman–Crippen MR) is 39.4 cm³/mol. The molecular weight excluding hydrogens is 140 g/mol. The van der Waals surface area contributed by atoms with E-state index in [-0.39, 0.29) is 0 Å². The monoisotopic (exact) mass is 148 g/mol. The van der Waals surface area contributed by atoms with Crippen LogP contribution in [-0.2, 0) is 4.79 Å². The summed E-state index contributed by atoms with van der Waals surface area (Å²) in [5, 5.41) is 0.337. The van der Waals surface area contributed by atoms with Crippen LogP contribution < -0.4 is 0 Å². The SMILES string of the molecule is O=C1CC(CS)CS1. The molecule has 0 radical (unpaired) electrons. The van der Waals surface area contributed by atoms with Gasteiger partial charge in [-0.25, -0.2) is 0 Å². The average Bonchev–Trinajstić information content (AvgIpc) is 2.14. The molecule has 0 spiro atoms. The second-order valence-corrected chi connectivity index (χ2v) is 3.38. The molecule has 0 saturated carbocycles. The van der Waals surface area contributed by atoms with E-state index in [9.17, 15) is 4.79 Å². The number of carbonyl (C=O) groups is 1. The molecule has 1 unspecified atom stereocenters. The summed E-state index contributed by atoms with van der Waals surface area (Å²) in [7, 11) is 0. The van der Waals surface area contributed by atoms with Crippen LogP contribution in [0.15, 0.2) is 0 Å². The van der Waals surface area contributed by atoms with Gasteiger partial charge in [-0.1, -0.05) is 11.8 Å². The van der Waals surface area contributed by atoms with Gasteiger partial charge in [0, 0.05) is 12.2 Å². The van der Waals surface area contributed by atoms with Crippen molar-refractivity contribution in [3.05, 3.63) is 0 Å². The first-order valence-electron chi connectivity index (χ1n) is 2.59. The third kappa shape index (κ3) is 1.42. The van der Waals surface area contributed by atoms with Gasteiger partial charge in [0.1, 0.15) is 0 Å². The maximum atomic E-state index is 10.5. The van der Waals surface area contributed by atoms with Crippen LogP contribution in [0.3, 0.4) is 0 Å². The fourth-order valence-corrected chi connectivity index (χ4v) is 2.13. The van der Waals surface area contributed by atoms with Crippen LogP contribution in [0.2, 0.25) is 0 Å². The van der Waals surface area contributed by atoms with E-state index in [0.29, 0.717) is 11.0 Å². The van der Waals surface area contributed by atoms with Crippen LogP contribution in [0.5, 0.6) is 0 Å². The molecule has 46 valence electrons. The predicted octanol–water partition coefficient (Wildman–Crippen LogP) is 1.20. The second kappa shape index (κ2) is 2.78. The van der Waals surface area contributed by atoms with Gasteiger partial charge in [0.25, 0.3) is 0 Å². The Hall–Kier alpha value is 0.370. The highest BCUT2D eigenvalue weighted by molar-refractivity contribution is 8.14. The van der Waals surface area contributed by atoms with Gasteiger partial charge in [0.15, 0.2) is 5.12 Å². The van der Waals surface area contributed by atoms with Crippen LogP contribution in [0.25, 0.3) is 0 Å². The second-order valence-electron chi connectivity index (χ2n) is 1.94. The molecule has 0 aromatic rings. The standard InChI is InChI=1S/C5H8OS2/c6-5-1-4(2-7)3-8-5/h4,7H,1-3H2. The van der Waals surface area contributed by atoms with E-state index in [1.54, 1.807) is 0 Å². The van der Waals surface area contributed by atoms with Crippen LogP contribution in [-0.4, -0.2) is 16.6 Å². The van der Waals surface area contributed by atoms with Crippen molar-refractivity contribution in [2.75, 3.05) is 11.5 Å². The molecule has 1 saturated heterocycles. The molecule has 0 aromatic heterocycles. The van der Waals surface area contributed by atoms with Gasteiger partial charge in [-0.05, 0) is 11.7 Å². The van der Waals surface area contributed by atoms with Gasteiger partial charge in [-0.2, -0.15) is 12.6 Å². The Morgan fingerprint density at radius 2 is 2.62 bits per heavy atom. The lowest BCUT2D eigenvalue weighted by atomic mass is 10.2. The first-order valence-corrected chi connectivity index (χ1v) is 4.21. The summed E-state index contributed by atoms with van der Waals surface area (Å²) >= 11 is 5.53. The number of thiol groups is 1. The maximum absolute atomic E-state index is 10.5. The van der Waals surface area contributed by atoms with Gasteiger partial charge in [0.2, 0.25) is 0 Å². The molecule has 0 aromatic carbocycles. The van der Waals surface area contributed by atoms with Crippen molar-refractivity contribution >= 4 is 29.5 Å². The lowest BCUT2D eigenvalue weighted by Crippen LogP contribution is -1.98. The normalized spacial score (nSPS) is 29.1. The Kier molecular flexibility index (Phi) is 2.26. The average molecular weight is 148 g/mol. The molecule has 1 aliphatic rings. The fourth-order valence-electron chi connectivity index (χ4n) is 0.682. The summed E-state index contributed by atoms with van der Waals surface area (Å²) in [4.78, 5) is 10.5. The smallest absolute Gasteiger partial charge is 0.189 e. The Labute approximate surface area is 58.6 Å². The van der Waals surface area contributed by atoms with Crippen LogP contribution in [0.4, 0.5) is 0 Å². The van der Waals surface area contributed by atoms with Crippen LogP contribution in [0.1, 0.15) is 6.42 Å². The van der Waals surface area contributed by atoms with Crippen molar-refractivity contribution in [3.63, 3.8) is 0 Å². The zero-order chi connectivity index (χ0) is 5.98. The molecule has 0 amide bonds. The van der Waals surface area contributed by atoms with Crippen molar-refractivity contribution < 1.29 is 4.79 Å². The lowest BCUT2D eigenvalue weighted by Gasteiger charge is -1.96. The number of rotatable bonds is 1. The van der Waals surface area contributed by atoms with E-state index in [1.165, 1.54) is 11.8 Å². The molecule has 1 nitrogen and oxygen atoms in total. The van der Waals surface area contributed by atoms with Crippen molar-refractivity contribution in [3.8, 4) is 0 Å². The minimum Gasteiger partial charge on any atom is -0.287 e. The molecule has 1 rings (SSSR count). The molecule has 1 fully saturated rings. The molecule has 1 heterocycles. The van der Waals surface area contributed by atoms with Crippen molar-refractivity contribution in [2.24, 2.45) is 5.92 Å². The van der Waals surface area contributed by atoms with Crippen LogP contribution in [0, 0.1) is 5.92 Å². The summed E-state index contributed by atoms with van der Waals surface area (Å²) in [5.74, 6) is 2.40. The Balaban J connectivity index is 2.32. The highest BCUT2D eigenvalue weighted by Gasteiger charge is 2.20. The molecule has 8 heavy (non-hydrogen) atoms. The van der Waals surface area contributed by atoms with Gasteiger partial charge in [-0.3, -0.25) is 4.79 Å². The van der Waals surface area contributed by atoms with Crippen molar-refractivity contribution in [1.82, 2.24) is 0 Å². The highest BCUT2D eigenvalue weighted by atomic mass is 32.2. The Bertz CT molecular complexity index is 103. The quantitative estimate of drug-likeness (QED) is 0.563. The first-order chi connectivity index (χ1) is 3.83. The van der Waals surface area contributed by atoms with Crippen LogP contribution >= 0.6 is 24.4 Å². The minimum absolute atomic E-state index is 0.337. The maximum Gasteiger partial charge on any atom is 0.189 e.